The Labute approximate surface area is 186 Å². The van der Waals surface area contributed by atoms with Crippen LogP contribution in [0.2, 0.25) is 0 Å². The summed E-state index contributed by atoms with van der Waals surface area (Å²) in [5, 5.41) is 5.49. The van der Waals surface area contributed by atoms with Crippen LogP contribution in [0.15, 0.2) is 0 Å². The van der Waals surface area contributed by atoms with Crippen LogP contribution in [0.3, 0.4) is 0 Å². The van der Waals surface area contributed by atoms with Crippen LogP contribution in [-0.2, 0) is 19.2 Å². The summed E-state index contributed by atoms with van der Waals surface area (Å²) in [5.41, 5.74) is 5.46. The number of carbonyl (C=O) groups is 4. The zero-order valence-electron chi connectivity index (χ0n) is 19.0. The van der Waals surface area contributed by atoms with Gasteiger partial charge in [-0.3, -0.25) is 19.2 Å². The van der Waals surface area contributed by atoms with Gasteiger partial charge in [0.1, 0.15) is 6.04 Å². The Bertz CT molecular complexity index is 621. The van der Waals surface area contributed by atoms with Crippen LogP contribution in [0, 0.1) is 5.92 Å². The van der Waals surface area contributed by atoms with Gasteiger partial charge in [0.05, 0.1) is 12.6 Å². The van der Waals surface area contributed by atoms with Crippen molar-refractivity contribution >= 4 is 23.5 Å². The maximum absolute atomic E-state index is 12.9. The molecule has 3 amide bonds. The molecule has 1 aliphatic heterocycles. The van der Waals surface area contributed by atoms with Crippen molar-refractivity contribution in [2.75, 3.05) is 19.6 Å². The number of Topliss-reactive ketones (excluding diaryl/α,β-unsaturated/α-hetero) is 1. The van der Waals surface area contributed by atoms with Crippen LogP contribution in [0.1, 0.15) is 84.0 Å². The van der Waals surface area contributed by atoms with E-state index in [1.807, 2.05) is 0 Å². The Morgan fingerprint density at radius 2 is 1.68 bits per heavy atom. The number of hydrogen-bond donors (Lipinski definition) is 3. The SMILES string of the molecule is CCCCCCCCC[C@H](NC(=O)[C@@H]1CCCN1C(=O)CN)C(=O)C(=O)NCC1CC1. The molecule has 1 saturated carbocycles. The molecule has 0 aromatic heterocycles. The molecule has 1 heterocycles. The molecule has 1 aliphatic carbocycles. The molecular weight excluding hydrogens is 396 g/mol. The molecule has 2 fully saturated rings. The quantitative estimate of drug-likeness (QED) is 0.266. The number of carbonyl (C=O) groups excluding carboxylic acids is 4. The van der Waals surface area contributed by atoms with Gasteiger partial charge in [-0.05, 0) is 38.0 Å². The van der Waals surface area contributed by atoms with E-state index in [1.165, 1.54) is 30.6 Å². The number of unbranched alkanes of at least 4 members (excludes halogenated alkanes) is 6. The summed E-state index contributed by atoms with van der Waals surface area (Å²) in [6.07, 6.45) is 11.5. The Hall–Kier alpha value is -1.96. The van der Waals surface area contributed by atoms with Crippen LogP contribution in [-0.4, -0.2) is 60.1 Å². The summed E-state index contributed by atoms with van der Waals surface area (Å²) in [6, 6.07) is -1.47. The molecule has 0 aromatic rings. The molecule has 1 saturated heterocycles. The number of nitrogens with two attached hydrogens (primary N) is 1. The lowest BCUT2D eigenvalue weighted by molar-refractivity contribution is -0.142. The molecule has 2 aliphatic rings. The number of nitrogens with one attached hydrogen (secondary N) is 2. The molecule has 2 rings (SSSR count). The summed E-state index contributed by atoms with van der Waals surface area (Å²) >= 11 is 0. The molecule has 0 radical (unpaired) electrons. The first-order valence-electron chi connectivity index (χ1n) is 12.1. The van der Waals surface area contributed by atoms with E-state index < -0.39 is 23.8 Å². The topological polar surface area (TPSA) is 122 Å². The minimum atomic E-state index is -0.849. The number of likely N-dealkylation sites (tertiary alicyclic amines) is 1. The first-order chi connectivity index (χ1) is 15.0. The number of ketones is 1. The van der Waals surface area contributed by atoms with Crippen molar-refractivity contribution in [3.63, 3.8) is 0 Å². The van der Waals surface area contributed by atoms with Gasteiger partial charge in [-0.2, -0.15) is 0 Å². The highest BCUT2D eigenvalue weighted by molar-refractivity contribution is 6.38. The molecule has 0 spiro atoms. The molecule has 176 valence electrons. The van der Waals surface area contributed by atoms with E-state index in [4.69, 9.17) is 5.73 Å². The van der Waals surface area contributed by atoms with Gasteiger partial charge < -0.3 is 21.3 Å². The second-order valence-electron chi connectivity index (χ2n) is 8.94. The number of rotatable bonds is 15. The normalized spacial score (nSPS) is 19.2. The monoisotopic (exact) mass is 436 g/mol. The second kappa shape index (κ2) is 13.5. The fourth-order valence-electron chi connectivity index (χ4n) is 4.10. The lowest BCUT2D eigenvalue weighted by Crippen LogP contribution is -2.54. The molecule has 31 heavy (non-hydrogen) atoms. The third-order valence-corrected chi connectivity index (χ3v) is 6.25. The van der Waals surface area contributed by atoms with Crippen molar-refractivity contribution in [1.29, 1.82) is 0 Å². The smallest absolute Gasteiger partial charge is 0.289 e. The summed E-state index contributed by atoms with van der Waals surface area (Å²) < 4.78 is 0. The van der Waals surface area contributed by atoms with E-state index in [9.17, 15) is 19.2 Å². The Balaban J connectivity index is 1.90. The Kier molecular flexibility index (Phi) is 11.0. The summed E-state index contributed by atoms with van der Waals surface area (Å²) in [6.45, 7) is 3.05. The van der Waals surface area contributed by atoms with Gasteiger partial charge in [-0.15, -0.1) is 0 Å². The summed E-state index contributed by atoms with van der Waals surface area (Å²) in [4.78, 5) is 51.5. The van der Waals surface area contributed by atoms with Crippen molar-refractivity contribution in [2.24, 2.45) is 11.7 Å². The van der Waals surface area contributed by atoms with Crippen molar-refractivity contribution in [3.05, 3.63) is 0 Å². The highest BCUT2D eigenvalue weighted by Crippen LogP contribution is 2.27. The van der Waals surface area contributed by atoms with E-state index in [1.54, 1.807) is 0 Å². The van der Waals surface area contributed by atoms with Gasteiger partial charge in [0, 0.05) is 13.1 Å². The summed E-state index contributed by atoms with van der Waals surface area (Å²) in [7, 11) is 0. The first-order valence-corrected chi connectivity index (χ1v) is 12.1. The predicted octanol–water partition coefficient (Wildman–Crippen LogP) is 1.66. The fourth-order valence-corrected chi connectivity index (χ4v) is 4.10. The lowest BCUT2D eigenvalue weighted by atomic mass is 10.0. The van der Waals surface area contributed by atoms with Crippen molar-refractivity contribution in [1.82, 2.24) is 15.5 Å². The first kappa shape index (κ1) is 25.3. The van der Waals surface area contributed by atoms with E-state index in [0.29, 0.717) is 31.8 Å². The molecule has 8 heteroatoms. The van der Waals surface area contributed by atoms with Crippen LogP contribution >= 0.6 is 0 Å². The average Bonchev–Trinajstić information content (AvgIpc) is 3.47. The van der Waals surface area contributed by atoms with Gasteiger partial charge in [0.15, 0.2) is 0 Å². The van der Waals surface area contributed by atoms with Gasteiger partial charge in [-0.25, -0.2) is 0 Å². The van der Waals surface area contributed by atoms with E-state index in [0.717, 1.165) is 38.5 Å². The average molecular weight is 437 g/mol. The second-order valence-corrected chi connectivity index (χ2v) is 8.94. The van der Waals surface area contributed by atoms with Crippen molar-refractivity contribution in [3.8, 4) is 0 Å². The zero-order chi connectivity index (χ0) is 22.6. The van der Waals surface area contributed by atoms with Crippen molar-refractivity contribution < 1.29 is 19.2 Å². The molecule has 2 atom stereocenters. The predicted molar refractivity (Wildman–Crippen MR) is 119 cm³/mol. The van der Waals surface area contributed by atoms with Gasteiger partial charge in [-0.1, -0.05) is 51.9 Å². The number of hydrogen-bond acceptors (Lipinski definition) is 5. The fraction of sp³-hybridized carbons (Fsp3) is 0.826. The van der Waals surface area contributed by atoms with Crippen LogP contribution in [0.25, 0.3) is 0 Å². The number of nitrogens with zero attached hydrogens (tertiary/aromatic N) is 1. The lowest BCUT2D eigenvalue weighted by Gasteiger charge is -2.26. The maximum atomic E-state index is 12.9. The van der Waals surface area contributed by atoms with E-state index in [2.05, 4.69) is 17.6 Å². The Morgan fingerprint density at radius 1 is 1.00 bits per heavy atom. The molecule has 0 bridgehead atoms. The summed E-state index contributed by atoms with van der Waals surface area (Å²) in [5.74, 6) is -1.37. The maximum Gasteiger partial charge on any atom is 0.289 e. The minimum absolute atomic E-state index is 0.145. The van der Waals surface area contributed by atoms with Crippen LogP contribution < -0.4 is 16.4 Å². The van der Waals surface area contributed by atoms with Gasteiger partial charge in [0.25, 0.3) is 5.91 Å². The van der Waals surface area contributed by atoms with E-state index >= 15 is 0 Å². The molecular formula is C23H40N4O4. The minimum Gasteiger partial charge on any atom is -0.349 e. The third kappa shape index (κ3) is 8.59. The largest absolute Gasteiger partial charge is 0.349 e. The van der Waals surface area contributed by atoms with E-state index in [-0.39, 0.29) is 18.4 Å². The van der Waals surface area contributed by atoms with Gasteiger partial charge in [0.2, 0.25) is 17.6 Å². The van der Waals surface area contributed by atoms with Crippen molar-refractivity contribution in [2.45, 2.75) is 96.1 Å². The zero-order valence-corrected chi connectivity index (χ0v) is 19.0. The highest BCUT2D eigenvalue weighted by atomic mass is 16.2. The Morgan fingerprint density at radius 3 is 2.32 bits per heavy atom. The van der Waals surface area contributed by atoms with Gasteiger partial charge >= 0.3 is 0 Å². The number of amides is 3. The highest BCUT2D eigenvalue weighted by Gasteiger charge is 2.36. The molecule has 4 N–H and O–H groups in total. The third-order valence-electron chi connectivity index (χ3n) is 6.25. The van der Waals surface area contributed by atoms with Crippen LogP contribution in [0.5, 0.6) is 0 Å². The molecule has 0 unspecified atom stereocenters. The molecule has 8 nitrogen and oxygen atoms in total. The standard InChI is InChI=1S/C23H40N4O4/c1-2-3-4-5-6-7-8-10-18(21(29)23(31)25-16-17-12-13-17)26-22(30)19-11-9-14-27(19)20(28)15-24/h17-19H,2-16,24H2,1H3,(H,25,31)(H,26,30)/t18-,19-/m0/s1. The molecule has 0 aromatic carbocycles. The van der Waals surface area contributed by atoms with Crippen LogP contribution in [0.4, 0.5) is 0 Å².